The third-order valence-corrected chi connectivity index (χ3v) is 5.83. The molecule has 0 spiro atoms. The van der Waals surface area contributed by atoms with Gasteiger partial charge in [-0.2, -0.15) is 0 Å². The number of ketones is 1. The zero-order valence-electron chi connectivity index (χ0n) is 16.7. The van der Waals surface area contributed by atoms with E-state index in [1.807, 2.05) is 36.4 Å². The molecule has 0 saturated carbocycles. The van der Waals surface area contributed by atoms with E-state index in [9.17, 15) is 14.4 Å². The predicted molar refractivity (Wildman–Crippen MR) is 114 cm³/mol. The van der Waals surface area contributed by atoms with Crippen molar-refractivity contribution in [2.75, 3.05) is 13.2 Å². The maximum atomic E-state index is 13.7. The maximum Gasteiger partial charge on any atom is 0.325 e. The van der Waals surface area contributed by atoms with Crippen molar-refractivity contribution in [3.8, 4) is 5.75 Å². The van der Waals surface area contributed by atoms with E-state index in [-0.39, 0.29) is 12.3 Å². The SMILES string of the molecule is O=C(CN1C(=O)NC(c2ccccc2)(c2ccccc2)C1=O)c1ccc2c(c1)CCO2. The quantitative estimate of drug-likeness (QED) is 0.515. The van der Waals surface area contributed by atoms with Crippen LogP contribution in [0.5, 0.6) is 5.75 Å². The van der Waals surface area contributed by atoms with E-state index in [1.54, 1.807) is 42.5 Å². The minimum Gasteiger partial charge on any atom is -0.493 e. The third kappa shape index (κ3) is 3.08. The van der Waals surface area contributed by atoms with E-state index in [4.69, 9.17) is 4.74 Å². The summed E-state index contributed by atoms with van der Waals surface area (Å²) in [6.45, 7) is 0.266. The average Bonchev–Trinajstić information content (AvgIpc) is 3.38. The van der Waals surface area contributed by atoms with Gasteiger partial charge in [-0.15, -0.1) is 0 Å². The van der Waals surface area contributed by atoms with E-state index < -0.39 is 17.5 Å². The molecule has 3 aromatic rings. The number of nitrogens with one attached hydrogen (secondary N) is 1. The Hall–Kier alpha value is -3.93. The van der Waals surface area contributed by atoms with Gasteiger partial charge in [-0.05, 0) is 34.9 Å². The largest absolute Gasteiger partial charge is 0.493 e. The molecular weight excluding hydrogens is 392 g/mol. The molecule has 2 aliphatic heterocycles. The number of ether oxygens (including phenoxy) is 1. The third-order valence-electron chi connectivity index (χ3n) is 5.83. The van der Waals surface area contributed by atoms with Crippen LogP contribution in [0, 0.1) is 0 Å². The van der Waals surface area contributed by atoms with Crippen LogP contribution in [-0.2, 0) is 16.8 Å². The van der Waals surface area contributed by atoms with Gasteiger partial charge in [-0.3, -0.25) is 14.5 Å². The first-order valence-corrected chi connectivity index (χ1v) is 10.1. The van der Waals surface area contributed by atoms with Crippen molar-refractivity contribution in [2.45, 2.75) is 12.0 Å². The summed E-state index contributed by atoms with van der Waals surface area (Å²) in [7, 11) is 0. The molecule has 1 fully saturated rings. The van der Waals surface area contributed by atoms with Crippen LogP contribution < -0.4 is 10.1 Å². The van der Waals surface area contributed by atoms with Crippen LogP contribution >= 0.6 is 0 Å². The van der Waals surface area contributed by atoms with Gasteiger partial charge in [0.2, 0.25) is 0 Å². The van der Waals surface area contributed by atoms with Crippen molar-refractivity contribution >= 4 is 17.7 Å². The molecule has 5 rings (SSSR count). The van der Waals surface area contributed by atoms with Gasteiger partial charge >= 0.3 is 6.03 Å². The number of hydrogen-bond acceptors (Lipinski definition) is 4. The Morgan fingerprint density at radius 2 is 1.58 bits per heavy atom. The van der Waals surface area contributed by atoms with Crippen LogP contribution in [0.3, 0.4) is 0 Å². The molecule has 2 aliphatic rings. The van der Waals surface area contributed by atoms with Crippen LogP contribution in [0.25, 0.3) is 0 Å². The molecule has 31 heavy (non-hydrogen) atoms. The molecule has 0 aliphatic carbocycles. The van der Waals surface area contributed by atoms with E-state index in [2.05, 4.69) is 5.32 Å². The molecule has 0 unspecified atom stereocenters. The Morgan fingerprint density at radius 1 is 0.935 bits per heavy atom. The number of carbonyl (C=O) groups excluding carboxylic acids is 3. The summed E-state index contributed by atoms with van der Waals surface area (Å²) < 4.78 is 5.49. The molecule has 0 radical (unpaired) electrons. The van der Waals surface area contributed by atoms with Crippen molar-refractivity contribution in [1.82, 2.24) is 10.2 Å². The predicted octanol–water partition coefficient (Wildman–Crippen LogP) is 3.30. The second-order valence-electron chi connectivity index (χ2n) is 7.65. The first kappa shape index (κ1) is 19.1. The molecule has 3 aromatic carbocycles. The number of imide groups is 1. The Kier molecular flexibility index (Phi) is 4.55. The van der Waals surface area contributed by atoms with Crippen molar-refractivity contribution in [3.63, 3.8) is 0 Å². The maximum absolute atomic E-state index is 13.7. The number of nitrogens with zero attached hydrogens (tertiary/aromatic N) is 1. The summed E-state index contributed by atoms with van der Waals surface area (Å²) in [6.07, 6.45) is 0.741. The molecule has 6 heteroatoms. The Bertz CT molecular complexity index is 1140. The van der Waals surface area contributed by atoms with Gasteiger partial charge in [0.1, 0.15) is 5.75 Å². The summed E-state index contributed by atoms with van der Waals surface area (Å²) in [5, 5.41) is 2.86. The lowest BCUT2D eigenvalue weighted by atomic mass is 9.82. The standard InChI is InChI=1S/C25H20N2O4/c28-21(17-11-12-22-18(15-17)13-14-31-22)16-27-23(29)25(26-24(27)30,19-7-3-1-4-8-19)20-9-5-2-6-10-20/h1-12,15H,13-14,16H2,(H,26,30). The van der Waals surface area contributed by atoms with Gasteiger partial charge in [0.05, 0.1) is 13.2 Å². The van der Waals surface area contributed by atoms with Crippen molar-refractivity contribution < 1.29 is 19.1 Å². The van der Waals surface area contributed by atoms with Crippen LogP contribution in [0.4, 0.5) is 4.79 Å². The molecule has 154 valence electrons. The highest BCUT2D eigenvalue weighted by atomic mass is 16.5. The molecular formula is C25H20N2O4. The second kappa shape index (κ2) is 7.40. The summed E-state index contributed by atoms with van der Waals surface area (Å²) >= 11 is 0. The fraction of sp³-hybridized carbons (Fsp3) is 0.160. The number of carbonyl (C=O) groups is 3. The number of rotatable bonds is 5. The zero-order chi connectivity index (χ0) is 21.4. The van der Waals surface area contributed by atoms with Gasteiger partial charge in [0.25, 0.3) is 5.91 Å². The van der Waals surface area contributed by atoms with Crippen LogP contribution in [0.2, 0.25) is 0 Å². The summed E-state index contributed by atoms with van der Waals surface area (Å²) in [4.78, 5) is 40.6. The molecule has 0 atom stereocenters. The Balaban J connectivity index is 1.49. The van der Waals surface area contributed by atoms with E-state index >= 15 is 0 Å². The van der Waals surface area contributed by atoms with Gasteiger partial charge in [-0.25, -0.2) is 4.79 Å². The van der Waals surface area contributed by atoms with Crippen molar-refractivity contribution in [3.05, 3.63) is 101 Å². The number of urea groups is 1. The molecule has 1 N–H and O–H groups in total. The Labute approximate surface area is 179 Å². The lowest BCUT2D eigenvalue weighted by Crippen LogP contribution is -2.45. The number of hydrogen-bond donors (Lipinski definition) is 1. The highest BCUT2D eigenvalue weighted by Crippen LogP contribution is 2.36. The van der Waals surface area contributed by atoms with Crippen molar-refractivity contribution in [2.24, 2.45) is 0 Å². The summed E-state index contributed by atoms with van der Waals surface area (Å²) in [6, 6.07) is 22.8. The number of benzene rings is 3. The second-order valence-corrected chi connectivity index (χ2v) is 7.65. The molecule has 3 amide bonds. The van der Waals surface area contributed by atoms with Crippen LogP contribution in [0.15, 0.2) is 78.9 Å². The highest BCUT2D eigenvalue weighted by Gasteiger charge is 2.54. The first-order valence-electron chi connectivity index (χ1n) is 10.1. The minimum atomic E-state index is -1.37. The molecule has 1 saturated heterocycles. The van der Waals surface area contributed by atoms with E-state index in [0.717, 1.165) is 22.6 Å². The van der Waals surface area contributed by atoms with Gasteiger partial charge in [0.15, 0.2) is 11.3 Å². The minimum absolute atomic E-state index is 0.296. The van der Waals surface area contributed by atoms with Crippen molar-refractivity contribution in [1.29, 1.82) is 0 Å². The topological polar surface area (TPSA) is 75.7 Å². The van der Waals surface area contributed by atoms with E-state index in [1.165, 1.54) is 0 Å². The van der Waals surface area contributed by atoms with Gasteiger partial charge in [0, 0.05) is 12.0 Å². The molecule has 6 nitrogen and oxygen atoms in total. The summed E-state index contributed by atoms with van der Waals surface area (Å²) in [5.74, 6) is 0.0154. The monoisotopic (exact) mass is 412 g/mol. The van der Waals surface area contributed by atoms with Crippen LogP contribution in [0.1, 0.15) is 27.0 Å². The smallest absolute Gasteiger partial charge is 0.325 e. The highest BCUT2D eigenvalue weighted by molar-refractivity contribution is 6.13. The van der Waals surface area contributed by atoms with Gasteiger partial charge < -0.3 is 10.1 Å². The fourth-order valence-corrected chi connectivity index (χ4v) is 4.25. The molecule has 0 aromatic heterocycles. The Morgan fingerprint density at radius 3 is 2.23 bits per heavy atom. The first-order chi connectivity index (χ1) is 15.1. The number of fused-ring (bicyclic) bond motifs is 1. The molecule has 0 bridgehead atoms. The van der Waals surface area contributed by atoms with Gasteiger partial charge in [-0.1, -0.05) is 60.7 Å². The average molecular weight is 412 g/mol. The zero-order valence-corrected chi connectivity index (χ0v) is 16.7. The lowest BCUT2D eigenvalue weighted by Gasteiger charge is -2.28. The summed E-state index contributed by atoms with van der Waals surface area (Å²) in [5.41, 5.74) is 1.34. The fourth-order valence-electron chi connectivity index (χ4n) is 4.25. The normalized spacial score (nSPS) is 16.6. The number of amides is 3. The lowest BCUT2D eigenvalue weighted by molar-refractivity contribution is -0.129. The number of Topliss-reactive ketones (excluding diaryl/α,β-unsaturated/α-hetero) is 1. The molecule has 2 heterocycles. The van der Waals surface area contributed by atoms with E-state index in [0.29, 0.717) is 23.3 Å². The van der Waals surface area contributed by atoms with Crippen LogP contribution in [-0.4, -0.2) is 35.8 Å².